The second-order valence-corrected chi connectivity index (χ2v) is 4.51. The van der Waals surface area contributed by atoms with Gasteiger partial charge in [-0.3, -0.25) is 0 Å². The van der Waals surface area contributed by atoms with E-state index in [2.05, 4.69) is 37.4 Å². The van der Waals surface area contributed by atoms with Crippen LogP contribution in [0.5, 0.6) is 0 Å². The average Bonchev–Trinajstić information content (AvgIpc) is 2.93. The first kappa shape index (κ1) is 12.9. The Hall–Kier alpha value is -1.54. The van der Waals surface area contributed by atoms with Gasteiger partial charge in [0, 0.05) is 5.56 Å². The highest BCUT2D eigenvalue weighted by atomic mass is 16.3. The number of benzene rings is 1. The topological polar surface area (TPSA) is 25.2 Å². The molecule has 96 valence electrons. The summed E-state index contributed by atoms with van der Waals surface area (Å²) in [6.45, 7) is 4.42. The maximum absolute atomic E-state index is 5.18. The lowest BCUT2D eigenvalue weighted by molar-refractivity contribution is 0.557. The second-order valence-electron chi connectivity index (χ2n) is 4.51. The Labute approximate surface area is 109 Å². The number of nitrogens with one attached hydrogen (secondary N) is 1. The van der Waals surface area contributed by atoms with Crippen LogP contribution in [0.2, 0.25) is 0 Å². The predicted molar refractivity (Wildman–Crippen MR) is 74.8 cm³/mol. The van der Waals surface area contributed by atoms with Gasteiger partial charge >= 0.3 is 0 Å². The van der Waals surface area contributed by atoms with Crippen LogP contribution in [0.1, 0.15) is 42.1 Å². The van der Waals surface area contributed by atoms with Gasteiger partial charge in [0.15, 0.2) is 0 Å². The van der Waals surface area contributed by atoms with Crippen LogP contribution < -0.4 is 5.32 Å². The van der Waals surface area contributed by atoms with Crippen LogP contribution in [-0.2, 0) is 12.8 Å². The summed E-state index contributed by atoms with van der Waals surface area (Å²) in [5.41, 5.74) is 5.36. The van der Waals surface area contributed by atoms with Crippen LogP contribution in [0.4, 0.5) is 0 Å². The average molecular weight is 243 g/mol. The Bertz CT molecular complexity index is 488. The van der Waals surface area contributed by atoms with Crippen molar-refractivity contribution in [3.8, 4) is 0 Å². The van der Waals surface area contributed by atoms with Gasteiger partial charge in [0.25, 0.3) is 0 Å². The molecule has 2 rings (SSSR count). The lowest BCUT2D eigenvalue weighted by Gasteiger charge is -2.17. The smallest absolute Gasteiger partial charge is 0.0953 e. The molecule has 1 aromatic heterocycles. The Morgan fingerprint density at radius 3 is 2.39 bits per heavy atom. The van der Waals surface area contributed by atoms with Crippen molar-refractivity contribution in [1.82, 2.24) is 5.32 Å². The van der Waals surface area contributed by atoms with Gasteiger partial charge in [-0.1, -0.05) is 32.0 Å². The molecule has 0 aliphatic carbocycles. The minimum absolute atomic E-state index is 0.208. The Morgan fingerprint density at radius 1 is 1.06 bits per heavy atom. The van der Waals surface area contributed by atoms with E-state index in [-0.39, 0.29) is 6.04 Å². The highest BCUT2D eigenvalue weighted by molar-refractivity contribution is 5.37. The van der Waals surface area contributed by atoms with Crippen molar-refractivity contribution >= 4 is 0 Å². The maximum atomic E-state index is 5.18. The minimum atomic E-state index is 0.208. The number of aryl methyl sites for hydroxylation is 2. The van der Waals surface area contributed by atoms with Crippen LogP contribution in [0.25, 0.3) is 0 Å². The lowest BCUT2D eigenvalue weighted by Crippen LogP contribution is -2.17. The summed E-state index contributed by atoms with van der Waals surface area (Å²) in [5.74, 6) is 0. The molecule has 0 saturated heterocycles. The largest absolute Gasteiger partial charge is 0.472 e. The maximum Gasteiger partial charge on any atom is 0.0953 e. The van der Waals surface area contributed by atoms with Gasteiger partial charge in [0.05, 0.1) is 18.6 Å². The summed E-state index contributed by atoms with van der Waals surface area (Å²) in [5, 5.41) is 3.35. The summed E-state index contributed by atoms with van der Waals surface area (Å²) < 4.78 is 5.18. The molecule has 1 aromatic carbocycles. The number of hydrogen-bond donors (Lipinski definition) is 1. The van der Waals surface area contributed by atoms with E-state index < -0.39 is 0 Å². The summed E-state index contributed by atoms with van der Waals surface area (Å²) in [7, 11) is 1.98. The molecule has 2 aromatic rings. The molecule has 0 fully saturated rings. The highest BCUT2D eigenvalue weighted by Crippen LogP contribution is 2.24. The van der Waals surface area contributed by atoms with E-state index in [0.717, 1.165) is 12.8 Å². The van der Waals surface area contributed by atoms with Crippen molar-refractivity contribution in [2.24, 2.45) is 0 Å². The lowest BCUT2D eigenvalue weighted by atomic mass is 9.94. The molecule has 0 amide bonds. The first-order chi connectivity index (χ1) is 8.80. The van der Waals surface area contributed by atoms with Crippen molar-refractivity contribution in [3.05, 3.63) is 59.0 Å². The monoisotopic (exact) mass is 243 g/mol. The third-order valence-electron chi connectivity index (χ3n) is 3.49. The molecule has 0 radical (unpaired) electrons. The SMILES string of the molecule is CCc1ccc(C(NC)c2ccoc2)cc1CC. The fourth-order valence-corrected chi connectivity index (χ4v) is 2.46. The zero-order valence-electron chi connectivity index (χ0n) is 11.4. The molecule has 1 atom stereocenters. The van der Waals surface area contributed by atoms with Crippen LogP contribution >= 0.6 is 0 Å². The summed E-state index contributed by atoms with van der Waals surface area (Å²) >= 11 is 0. The van der Waals surface area contributed by atoms with Crippen LogP contribution in [0, 0.1) is 0 Å². The molecule has 0 saturated carbocycles. The van der Waals surface area contributed by atoms with Gasteiger partial charge in [-0.05, 0) is 42.6 Å². The highest BCUT2D eigenvalue weighted by Gasteiger charge is 2.14. The van der Waals surface area contributed by atoms with Gasteiger partial charge in [0.1, 0.15) is 0 Å². The molecule has 1 heterocycles. The first-order valence-electron chi connectivity index (χ1n) is 6.61. The Balaban J connectivity index is 2.37. The second kappa shape index (κ2) is 5.87. The molecule has 0 aliphatic rings. The quantitative estimate of drug-likeness (QED) is 0.866. The van der Waals surface area contributed by atoms with Gasteiger partial charge in [0.2, 0.25) is 0 Å². The minimum Gasteiger partial charge on any atom is -0.472 e. The van der Waals surface area contributed by atoms with Crippen molar-refractivity contribution in [2.75, 3.05) is 7.05 Å². The van der Waals surface area contributed by atoms with Crippen molar-refractivity contribution in [2.45, 2.75) is 32.7 Å². The summed E-state index contributed by atoms with van der Waals surface area (Å²) in [6.07, 6.45) is 5.71. The van der Waals surface area contributed by atoms with Gasteiger partial charge in [-0.2, -0.15) is 0 Å². The zero-order valence-corrected chi connectivity index (χ0v) is 11.4. The van der Waals surface area contributed by atoms with E-state index in [1.54, 1.807) is 12.5 Å². The molecule has 2 nitrogen and oxygen atoms in total. The van der Waals surface area contributed by atoms with E-state index in [1.165, 1.54) is 22.3 Å². The Kier molecular flexibility index (Phi) is 4.21. The van der Waals surface area contributed by atoms with E-state index >= 15 is 0 Å². The molecular formula is C16H21NO. The zero-order chi connectivity index (χ0) is 13.0. The fraction of sp³-hybridized carbons (Fsp3) is 0.375. The molecular weight excluding hydrogens is 222 g/mol. The van der Waals surface area contributed by atoms with Crippen LogP contribution in [0.3, 0.4) is 0 Å². The number of hydrogen-bond acceptors (Lipinski definition) is 2. The predicted octanol–water partition coefficient (Wildman–Crippen LogP) is 3.71. The summed E-state index contributed by atoms with van der Waals surface area (Å²) in [6, 6.07) is 9.00. The third-order valence-corrected chi connectivity index (χ3v) is 3.49. The summed E-state index contributed by atoms with van der Waals surface area (Å²) in [4.78, 5) is 0. The van der Waals surface area contributed by atoms with E-state index in [0.29, 0.717) is 0 Å². The fourth-order valence-electron chi connectivity index (χ4n) is 2.46. The van der Waals surface area contributed by atoms with Crippen molar-refractivity contribution in [3.63, 3.8) is 0 Å². The Morgan fingerprint density at radius 2 is 1.83 bits per heavy atom. The number of rotatable bonds is 5. The van der Waals surface area contributed by atoms with Gasteiger partial charge < -0.3 is 9.73 Å². The molecule has 0 aliphatic heterocycles. The standard InChI is InChI=1S/C16H21NO/c1-4-12-6-7-14(10-13(12)5-2)16(17-3)15-8-9-18-11-15/h6-11,16-17H,4-5H2,1-3H3. The molecule has 18 heavy (non-hydrogen) atoms. The van der Waals surface area contributed by atoms with Crippen LogP contribution in [0.15, 0.2) is 41.2 Å². The molecule has 2 heteroatoms. The van der Waals surface area contributed by atoms with E-state index in [9.17, 15) is 0 Å². The molecule has 0 spiro atoms. The van der Waals surface area contributed by atoms with E-state index in [1.807, 2.05) is 13.1 Å². The normalized spacial score (nSPS) is 12.6. The third kappa shape index (κ3) is 2.49. The molecule has 0 bridgehead atoms. The van der Waals surface area contributed by atoms with E-state index in [4.69, 9.17) is 4.42 Å². The van der Waals surface area contributed by atoms with Crippen LogP contribution in [-0.4, -0.2) is 7.05 Å². The molecule has 1 N–H and O–H groups in total. The first-order valence-corrected chi connectivity index (χ1v) is 6.61. The number of furan rings is 1. The molecule has 1 unspecified atom stereocenters. The van der Waals surface area contributed by atoms with Crippen molar-refractivity contribution in [1.29, 1.82) is 0 Å². The van der Waals surface area contributed by atoms with Crippen molar-refractivity contribution < 1.29 is 4.42 Å². The van der Waals surface area contributed by atoms with Gasteiger partial charge in [-0.25, -0.2) is 0 Å². The van der Waals surface area contributed by atoms with Gasteiger partial charge in [-0.15, -0.1) is 0 Å².